The molecular formula is C14H18ClNO3. The molecule has 1 rings (SSSR count). The van der Waals surface area contributed by atoms with Gasteiger partial charge in [0.2, 0.25) is 5.91 Å². The Morgan fingerprint density at radius 1 is 1.47 bits per heavy atom. The zero-order chi connectivity index (χ0) is 14.1. The predicted octanol–water partition coefficient (Wildman–Crippen LogP) is 1.82. The molecule has 0 aliphatic heterocycles. The average molecular weight is 284 g/mol. The van der Waals surface area contributed by atoms with Crippen molar-refractivity contribution < 1.29 is 14.6 Å². The van der Waals surface area contributed by atoms with Crippen molar-refractivity contribution in [1.29, 1.82) is 0 Å². The first-order chi connectivity index (χ1) is 9.17. The maximum atomic E-state index is 11.9. The van der Waals surface area contributed by atoms with E-state index in [-0.39, 0.29) is 12.5 Å². The van der Waals surface area contributed by atoms with E-state index in [9.17, 15) is 4.79 Å². The van der Waals surface area contributed by atoms with Gasteiger partial charge >= 0.3 is 0 Å². The van der Waals surface area contributed by atoms with Gasteiger partial charge in [-0.2, -0.15) is 0 Å². The summed E-state index contributed by atoms with van der Waals surface area (Å²) in [7, 11) is 1.57. The van der Waals surface area contributed by atoms with E-state index < -0.39 is 0 Å². The first-order valence-electron chi connectivity index (χ1n) is 5.99. The van der Waals surface area contributed by atoms with Crippen molar-refractivity contribution in [2.45, 2.75) is 0 Å². The Balaban J connectivity index is 2.64. The van der Waals surface area contributed by atoms with E-state index in [0.29, 0.717) is 24.7 Å². The van der Waals surface area contributed by atoms with Gasteiger partial charge in [0.1, 0.15) is 0 Å². The highest BCUT2D eigenvalue weighted by Crippen LogP contribution is 2.11. The Morgan fingerprint density at radius 2 is 2.26 bits per heavy atom. The molecule has 5 heteroatoms. The number of carbonyl (C=O) groups is 1. The molecule has 0 radical (unpaired) electrons. The maximum absolute atomic E-state index is 11.9. The van der Waals surface area contributed by atoms with Crippen molar-refractivity contribution in [3.05, 3.63) is 40.9 Å². The van der Waals surface area contributed by atoms with E-state index >= 15 is 0 Å². The second kappa shape index (κ2) is 8.69. The van der Waals surface area contributed by atoms with Crippen LogP contribution >= 0.6 is 11.6 Å². The molecule has 0 bridgehead atoms. The largest absolute Gasteiger partial charge is 0.395 e. The summed E-state index contributed by atoms with van der Waals surface area (Å²) in [5, 5.41) is 9.56. The van der Waals surface area contributed by atoms with E-state index in [0.717, 1.165) is 5.56 Å². The van der Waals surface area contributed by atoms with Gasteiger partial charge < -0.3 is 14.7 Å². The molecule has 0 aliphatic carbocycles. The van der Waals surface area contributed by atoms with E-state index in [1.165, 1.54) is 11.0 Å². The summed E-state index contributed by atoms with van der Waals surface area (Å²) in [6, 6.07) is 7.23. The van der Waals surface area contributed by atoms with Crippen LogP contribution in [0.3, 0.4) is 0 Å². The van der Waals surface area contributed by atoms with Crippen LogP contribution in [-0.2, 0) is 9.53 Å². The van der Waals surface area contributed by atoms with Gasteiger partial charge in [-0.15, -0.1) is 0 Å². The SMILES string of the molecule is COCCN(CCO)C(=O)/C=C/c1cccc(Cl)c1. The number of benzene rings is 1. The van der Waals surface area contributed by atoms with Crippen molar-refractivity contribution >= 4 is 23.6 Å². The van der Waals surface area contributed by atoms with Gasteiger partial charge in [0.25, 0.3) is 0 Å². The van der Waals surface area contributed by atoms with Crippen molar-refractivity contribution in [2.24, 2.45) is 0 Å². The van der Waals surface area contributed by atoms with Crippen LogP contribution in [0.25, 0.3) is 6.08 Å². The summed E-state index contributed by atoms with van der Waals surface area (Å²) in [6.07, 6.45) is 3.17. The Bertz CT molecular complexity index is 434. The van der Waals surface area contributed by atoms with E-state index in [1.807, 2.05) is 12.1 Å². The van der Waals surface area contributed by atoms with Crippen molar-refractivity contribution in [3.8, 4) is 0 Å². The lowest BCUT2D eigenvalue weighted by molar-refractivity contribution is -0.127. The number of amides is 1. The van der Waals surface area contributed by atoms with E-state index in [4.69, 9.17) is 21.4 Å². The van der Waals surface area contributed by atoms with Crippen LogP contribution in [0.2, 0.25) is 5.02 Å². The van der Waals surface area contributed by atoms with Gasteiger partial charge in [-0.25, -0.2) is 0 Å². The van der Waals surface area contributed by atoms with E-state index in [2.05, 4.69) is 0 Å². The number of methoxy groups -OCH3 is 1. The van der Waals surface area contributed by atoms with Gasteiger partial charge in [0, 0.05) is 31.3 Å². The molecule has 0 unspecified atom stereocenters. The lowest BCUT2D eigenvalue weighted by Gasteiger charge is -2.19. The van der Waals surface area contributed by atoms with Crippen LogP contribution in [0, 0.1) is 0 Å². The standard InChI is InChI=1S/C14H18ClNO3/c1-19-10-8-16(7-9-17)14(18)6-5-12-3-2-4-13(15)11-12/h2-6,11,17H,7-10H2,1H3/b6-5+. The highest BCUT2D eigenvalue weighted by Gasteiger charge is 2.09. The molecule has 0 fully saturated rings. The van der Waals surface area contributed by atoms with Gasteiger partial charge in [0.05, 0.1) is 13.2 Å². The third kappa shape index (κ3) is 5.87. The number of hydrogen-bond donors (Lipinski definition) is 1. The number of rotatable bonds is 7. The fourth-order valence-electron chi connectivity index (χ4n) is 1.54. The number of carbonyl (C=O) groups excluding carboxylic acids is 1. The van der Waals surface area contributed by atoms with Gasteiger partial charge in [-0.1, -0.05) is 23.7 Å². The quantitative estimate of drug-likeness (QED) is 0.777. The van der Waals surface area contributed by atoms with Crippen molar-refractivity contribution in [1.82, 2.24) is 4.90 Å². The summed E-state index contributed by atoms with van der Waals surface area (Å²) >= 11 is 5.86. The number of halogens is 1. The molecule has 0 saturated carbocycles. The second-order valence-electron chi connectivity index (χ2n) is 3.93. The lowest BCUT2D eigenvalue weighted by Crippen LogP contribution is -2.34. The molecule has 0 heterocycles. The fourth-order valence-corrected chi connectivity index (χ4v) is 1.74. The topological polar surface area (TPSA) is 49.8 Å². The van der Waals surface area contributed by atoms with Crippen LogP contribution in [0.15, 0.2) is 30.3 Å². The Labute approximate surface area is 118 Å². The summed E-state index contributed by atoms with van der Waals surface area (Å²) in [6.45, 7) is 1.12. The third-order valence-corrected chi connectivity index (χ3v) is 2.75. The smallest absolute Gasteiger partial charge is 0.246 e. The molecule has 1 aromatic rings. The van der Waals surface area contributed by atoms with Gasteiger partial charge in [-0.05, 0) is 23.8 Å². The average Bonchev–Trinajstić information content (AvgIpc) is 2.41. The molecule has 1 N–H and O–H groups in total. The van der Waals surface area contributed by atoms with Gasteiger partial charge in [-0.3, -0.25) is 4.79 Å². The summed E-state index contributed by atoms with van der Waals surface area (Å²) in [4.78, 5) is 13.5. The minimum atomic E-state index is -0.161. The van der Waals surface area contributed by atoms with Crippen LogP contribution in [0.1, 0.15) is 5.56 Å². The zero-order valence-corrected chi connectivity index (χ0v) is 11.6. The Hall–Kier alpha value is -1.36. The molecule has 0 spiro atoms. The molecule has 104 valence electrons. The molecular weight excluding hydrogens is 266 g/mol. The van der Waals surface area contributed by atoms with E-state index in [1.54, 1.807) is 25.3 Å². The molecule has 0 aromatic heterocycles. The number of ether oxygens (including phenoxy) is 1. The summed E-state index contributed by atoms with van der Waals surface area (Å²) in [5.74, 6) is -0.161. The van der Waals surface area contributed by atoms with Gasteiger partial charge in [0.15, 0.2) is 0 Å². The second-order valence-corrected chi connectivity index (χ2v) is 4.37. The normalized spacial score (nSPS) is 10.9. The lowest BCUT2D eigenvalue weighted by atomic mass is 10.2. The van der Waals surface area contributed by atoms with Crippen LogP contribution in [0.5, 0.6) is 0 Å². The fraction of sp³-hybridized carbons (Fsp3) is 0.357. The summed E-state index contributed by atoms with van der Waals surface area (Å²) in [5.41, 5.74) is 0.858. The van der Waals surface area contributed by atoms with Crippen LogP contribution in [-0.4, -0.2) is 49.3 Å². The van der Waals surface area contributed by atoms with Crippen molar-refractivity contribution in [3.63, 3.8) is 0 Å². The number of aliphatic hydroxyl groups is 1. The monoisotopic (exact) mass is 283 g/mol. The van der Waals surface area contributed by atoms with Crippen molar-refractivity contribution in [2.75, 3.05) is 33.4 Å². The van der Waals surface area contributed by atoms with Crippen LogP contribution < -0.4 is 0 Å². The zero-order valence-electron chi connectivity index (χ0n) is 10.9. The first-order valence-corrected chi connectivity index (χ1v) is 6.37. The Morgan fingerprint density at radius 3 is 2.89 bits per heavy atom. The highest BCUT2D eigenvalue weighted by molar-refractivity contribution is 6.30. The molecule has 0 atom stereocenters. The molecule has 1 aromatic carbocycles. The molecule has 4 nitrogen and oxygen atoms in total. The number of nitrogens with zero attached hydrogens (tertiary/aromatic N) is 1. The molecule has 0 aliphatic rings. The molecule has 1 amide bonds. The predicted molar refractivity (Wildman–Crippen MR) is 76.0 cm³/mol. The first kappa shape index (κ1) is 15.7. The number of aliphatic hydroxyl groups excluding tert-OH is 1. The number of hydrogen-bond acceptors (Lipinski definition) is 3. The third-order valence-electron chi connectivity index (χ3n) is 2.51. The minimum absolute atomic E-state index is 0.0690. The Kier molecular flexibility index (Phi) is 7.18. The molecule has 19 heavy (non-hydrogen) atoms. The minimum Gasteiger partial charge on any atom is -0.395 e. The molecule has 0 saturated heterocycles. The summed E-state index contributed by atoms with van der Waals surface area (Å²) < 4.78 is 4.93. The highest BCUT2D eigenvalue weighted by atomic mass is 35.5. The maximum Gasteiger partial charge on any atom is 0.246 e. The van der Waals surface area contributed by atoms with Crippen LogP contribution in [0.4, 0.5) is 0 Å².